The van der Waals surface area contributed by atoms with Gasteiger partial charge >= 0.3 is 0 Å². The predicted octanol–water partition coefficient (Wildman–Crippen LogP) is 1.62. The number of carbonyl (C=O) groups excluding carboxylic acids is 2. The van der Waals surface area contributed by atoms with Gasteiger partial charge < -0.3 is 15.5 Å². The largest absolute Gasteiger partial charge is 0.356 e. The first-order valence-electron chi connectivity index (χ1n) is 11.4. The van der Waals surface area contributed by atoms with Crippen molar-refractivity contribution >= 4 is 17.8 Å². The molecule has 0 spiro atoms. The number of hydrogen-bond donors (Lipinski definition) is 2. The smallest absolute Gasteiger partial charge is 0.233 e. The summed E-state index contributed by atoms with van der Waals surface area (Å²) in [4.78, 5) is 33.3. The number of likely N-dealkylation sites (tertiary alicyclic amines) is 1. The molecule has 2 N–H and O–H groups in total. The van der Waals surface area contributed by atoms with Gasteiger partial charge in [0.05, 0.1) is 11.8 Å². The van der Waals surface area contributed by atoms with Gasteiger partial charge in [0.15, 0.2) is 5.96 Å². The Kier molecular flexibility index (Phi) is 6.89. The Bertz CT molecular complexity index is 870. The van der Waals surface area contributed by atoms with E-state index in [9.17, 15) is 14.0 Å². The molecule has 0 radical (unpaired) electrons. The standard InChI is InChI=1S/C24H32FN5O2/c1-26-24(28-11-13-29(2)15-16-4-8-19(25)9-5-16)27-10-3-12-30-22(31)20-17-6-7-18(14-17)21(20)23(30)32/h4-9,17-18,20-21H,3,10-15H2,1-2H3,(H2,26,27,28). The van der Waals surface area contributed by atoms with Gasteiger partial charge in [-0.1, -0.05) is 24.3 Å². The van der Waals surface area contributed by atoms with Crippen LogP contribution in [0.2, 0.25) is 0 Å². The van der Waals surface area contributed by atoms with E-state index in [1.165, 1.54) is 17.0 Å². The summed E-state index contributed by atoms with van der Waals surface area (Å²) >= 11 is 0. The third-order valence-corrected chi connectivity index (χ3v) is 6.79. The van der Waals surface area contributed by atoms with E-state index in [2.05, 4.69) is 32.7 Å². The zero-order valence-corrected chi connectivity index (χ0v) is 18.8. The highest BCUT2D eigenvalue weighted by atomic mass is 19.1. The van der Waals surface area contributed by atoms with E-state index in [1.54, 1.807) is 19.2 Å². The maximum absolute atomic E-state index is 13.0. The van der Waals surface area contributed by atoms with Crippen LogP contribution in [0.4, 0.5) is 4.39 Å². The predicted molar refractivity (Wildman–Crippen MR) is 121 cm³/mol. The minimum absolute atomic E-state index is 0.0172. The molecule has 4 unspecified atom stereocenters. The Labute approximate surface area is 188 Å². The molecule has 2 aliphatic carbocycles. The Morgan fingerprint density at radius 2 is 1.72 bits per heavy atom. The van der Waals surface area contributed by atoms with Gasteiger partial charge in [0.25, 0.3) is 0 Å². The number of fused-ring (bicyclic) bond motifs is 5. The van der Waals surface area contributed by atoms with Crippen LogP contribution in [0.3, 0.4) is 0 Å². The van der Waals surface area contributed by atoms with Crippen molar-refractivity contribution < 1.29 is 14.0 Å². The third kappa shape index (κ3) is 4.70. The number of hydrogen-bond acceptors (Lipinski definition) is 4. The zero-order valence-electron chi connectivity index (χ0n) is 18.8. The van der Waals surface area contributed by atoms with Gasteiger partial charge in [-0.05, 0) is 49.4 Å². The van der Waals surface area contributed by atoms with E-state index in [4.69, 9.17) is 0 Å². The first kappa shape index (κ1) is 22.5. The van der Waals surface area contributed by atoms with Gasteiger partial charge in [0.2, 0.25) is 11.8 Å². The Hall–Kier alpha value is -2.74. The molecular formula is C24H32FN5O2. The number of amides is 2. The summed E-state index contributed by atoms with van der Waals surface area (Å²) < 4.78 is 13.0. The van der Waals surface area contributed by atoms with Crippen LogP contribution in [-0.2, 0) is 16.1 Å². The summed E-state index contributed by atoms with van der Waals surface area (Å²) in [6, 6.07) is 6.54. The lowest BCUT2D eigenvalue weighted by atomic mass is 9.85. The minimum Gasteiger partial charge on any atom is -0.356 e. The number of guanidine groups is 1. The molecule has 32 heavy (non-hydrogen) atoms. The van der Waals surface area contributed by atoms with Crippen LogP contribution in [0.1, 0.15) is 18.4 Å². The lowest BCUT2D eigenvalue weighted by Gasteiger charge is -2.19. The van der Waals surface area contributed by atoms with E-state index in [0.717, 1.165) is 25.1 Å². The van der Waals surface area contributed by atoms with Crippen molar-refractivity contribution in [3.63, 3.8) is 0 Å². The number of carbonyl (C=O) groups is 2. The molecule has 4 atom stereocenters. The molecule has 2 amide bonds. The van der Waals surface area contributed by atoms with Gasteiger partial charge in [-0.3, -0.25) is 19.5 Å². The van der Waals surface area contributed by atoms with Crippen LogP contribution >= 0.6 is 0 Å². The summed E-state index contributed by atoms with van der Waals surface area (Å²) in [6.07, 6.45) is 5.89. The molecular weight excluding hydrogens is 409 g/mol. The number of allylic oxidation sites excluding steroid dienone is 2. The van der Waals surface area contributed by atoms with Gasteiger partial charge in [-0.25, -0.2) is 4.39 Å². The lowest BCUT2D eigenvalue weighted by molar-refractivity contribution is -0.140. The molecule has 1 saturated carbocycles. The highest BCUT2D eigenvalue weighted by molar-refractivity contribution is 6.06. The molecule has 3 aliphatic rings. The van der Waals surface area contributed by atoms with Crippen LogP contribution < -0.4 is 10.6 Å². The monoisotopic (exact) mass is 441 g/mol. The summed E-state index contributed by atoms with van der Waals surface area (Å²) in [5, 5.41) is 6.53. The molecule has 1 aliphatic heterocycles. The molecule has 0 aromatic heterocycles. The molecule has 1 heterocycles. The first-order valence-corrected chi connectivity index (χ1v) is 11.4. The van der Waals surface area contributed by atoms with Crippen LogP contribution in [0, 0.1) is 29.5 Å². The highest BCUT2D eigenvalue weighted by Crippen LogP contribution is 2.52. The number of imide groups is 1. The summed E-state index contributed by atoms with van der Waals surface area (Å²) in [6.45, 7) is 3.33. The van der Waals surface area contributed by atoms with E-state index >= 15 is 0 Å². The van der Waals surface area contributed by atoms with Gasteiger partial charge in [0.1, 0.15) is 5.82 Å². The number of halogens is 1. The van der Waals surface area contributed by atoms with Crippen molar-refractivity contribution in [3.05, 3.63) is 47.8 Å². The molecule has 1 aromatic rings. The molecule has 172 valence electrons. The van der Waals surface area contributed by atoms with Crippen LogP contribution in [0.5, 0.6) is 0 Å². The van der Waals surface area contributed by atoms with Crippen molar-refractivity contribution in [2.45, 2.75) is 19.4 Å². The van der Waals surface area contributed by atoms with Gasteiger partial charge in [0, 0.05) is 39.8 Å². The second kappa shape index (κ2) is 9.81. The fourth-order valence-electron chi connectivity index (χ4n) is 5.19. The number of nitrogens with one attached hydrogen (secondary N) is 2. The maximum Gasteiger partial charge on any atom is 0.233 e. The molecule has 1 saturated heterocycles. The maximum atomic E-state index is 13.0. The fourth-order valence-corrected chi connectivity index (χ4v) is 5.19. The van der Waals surface area contributed by atoms with E-state index < -0.39 is 0 Å². The summed E-state index contributed by atoms with van der Waals surface area (Å²) in [5.74, 6) is 0.782. The van der Waals surface area contributed by atoms with Crippen molar-refractivity contribution in [1.82, 2.24) is 20.4 Å². The number of aliphatic imine (C=N–C) groups is 1. The number of likely N-dealkylation sites (N-methyl/N-ethyl adjacent to an activating group) is 1. The molecule has 1 aromatic carbocycles. The van der Waals surface area contributed by atoms with Crippen LogP contribution in [0.25, 0.3) is 0 Å². The minimum atomic E-state index is -0.224. The second-order valence-corrected chi connectivity index (χ2v) is 8.97. The Morgan fingerprint density at radius 3 is 2.34 bits per heavy atom. The number of benzene rings is 1. The molecule has 4 rings (SSSR count). The summed E-state index contributed by atoms with van der Waals surface area (Å²) in [5.41, 5.74) is 1.07. The quantitative estimate of drug-likeness (QED) is 0.200. The Morgan fingerprint density at radius 1 is 1.09 bits per heavy atom. The van der Waals surface area contributed by atoms with Crippen molar-refractivity contribution in [3.8, 4) is 0 Å². The molecule has 2 bridgehead atoms. The molecule has 7 nitrogen and oxygen atoms in total. The SMILES string of the molecule is CN=C(NCCCN1C(=O)C2C3C=CC(C3)C2C1=O)NCCN(C)Cc1ccc(F)cc1. The normalized spacial score (nSPS) is 26.4. The van der Waals surface area contributed by atoms with E-state index in [1.807, 2.05) is 7.05 Å². The fraction of sp³-hybridized carbons (Fsp3) is 0.542. The van der Waals surface area contributed by atoms with Gasteiger partial charge in [-0.15, -0.1) is 0 Å². The van der Waals surface area contributed by atoms with Crippen LogP contribution in [-0.4, -0.2) is 67.8 Å². The Balaban J connectivity index is 1.13. The first-order chi connectivity index (χ1) is 15.5. The lowest BCUT2D eigenvalue weighted by Crippen LogP contribution is -2.42. The van der Waals surface area contributed by atoms with E-state index in [-0.39, 0.29) is 41.3 Å². The average Bonchev–Trinajstić information content (AvgIpc) is 3.46. The van der Waals surface area contributed by atoms with Crippen molar-refractivity contribution in [2.75, 3.05) is 40.3 Å². The zero-order chi connectivity index (χ0) is 22.7. The average molecular weight is 442 g/mol. The van der Waals surface area contributed by atoms with E-state index in [0.29, 0.717) is 32.0 Å². The topological polar surface area (TPSA) is 77.0 Å². The highest BCUT2D eigenvalue weighted by Gasteiger charge is 2.58. The van der Waals surface area contributed by atoms with Gasteiger partial charge in [-0.2, -0.15) is 0 Å². The molecule has 8 heteroatoms. The third-order valence-electron chi connectivity index (χ3n) is 6.79. The second-order valence-electron chi connectivity index (χ2n) is 8.97. The number of nitrogens with zero attached hydrogens (tertiary/aromatic N) is 3. The summed E-state index contributed by atoms with van der Waals surface area (Å²) in [7, 11) is 3.73. The van der Waals surface area contributed by atoms with Crippen molar-refractivity contribution in [2.24, 2.45) is 28.7 Å². The number of rotatable bonds is 9. The van der Waals surface area contributed by atoms with Crippen LogP contribution in [0.15, 0.2) is 41.4 Å². The molecule has 2 fully saturated rings. The van der Waals surface area contributed by atoms with Crippen molar-refractivity contribution in [1.29, 1.82) is 0 Å².